The smallest absolute Gasteiger partial charge is 0.131 e. The number of rotatable bonds is 13. The van der Waals surface area contributed by atoms with Gasteiger partial charge in [0, 0.05) is 24.2 Å². The van der Waals surface area contributed by atoms with E-state index in [9.17, 15) is 4.39 Å². The van der Waals surface area contributed by atoms with Crippen molar-refractivity contribution in [2.45, 2.75) is 64.9 Å². The van der Waals surface area contributed by atoms with E-state index < -0.39 is 0 Å². The van der Waals surface area contributed by atoms with E-state index in [0.717, 1.165) is 43.5 Å². The summed E-state index contributed by atoms with van der Waals surface area (Å²) < 4.78 is 20.2. The second-order valence-electron chi connectivity index (χ2n) is 7.36. The molecule has 1 atom stereocenters. The number of benzene rings is 1. The van der Waals surface area contributed by atoms with E-state index in [0.29, 0.717) is 17.7 Å². The third-order valence-corrected chi connectivity index (χ3v) is 4.80. The van der Waals surface area contributed by atoms with Crippen LogP contribution >= 0.6 is 0 Å². The highest BCUT2D eigenvalue weighted by Gasteiger charge is 2.06. The molecule has 0 saturated carbocycles. The number of hydrogen-bond donors (Lipinski definition) is 0. The Hall–Kier alpha value is -2.33. The lowest BCUT2D eigenvalue weighted by Gasteiger charge is -2.12. The molecule has 1 heterocycles. The minimum absolute atomic E-state index is 0.247. The van der Waals surface area contributed by atoms with Gasteiger partial charge in [0.1, 0.15) is 5.82 Å². The van der Waals surface area contributed by atoms with Crippen molar-refractivity contribution in [2.75, 3.05) is 6.61 Å². The molecule has 1 aromatic carbocycles. The highest BCUT2D eigenvalue weighted by molar-refractivity contribution is 5.62. The van der Waals surface area contributed by atoms with Crippen LogP contribution in [0.3, 0.4) is 0 Å². The molecule has 0 bridgehead atoms. The first kappa shape index (κ1) is 23.0. The molecule has 0 saturated heterocycles. The topological polar surface area (TPSA) is 35.0 Å². The van der Waals surface area contributed by atoms with Gasteiger partial charge in [-0.05, 0) is 50.8 Å². The molecule has 0 N–H and O–H groups in total. The quantitative estimate of drug-likeness (QED) is 0.276. The fourth-order valence-corrected chi connectivity index (χ4v) is 3.05. The van der Waals surface area contributed by atoms with Gasteiger partial charge in [-0.15, -0.1) is 6.58 Å². The summed E-state index contributed by atoms with van der Waals surface area (Å²) in [6.45, 7) is 8.86. The van der Waals surface area contributed by atoms with E-state index in [1.165, 1.54) is 18.9 Å². The Morgan fingerprint density at radius 3 is 2.69 bits per heavy atom. The molecule has 0 radical (unpaired) electrons. The molecule has 4 heteroatoms. The third-order valence-electron chi connectivity index (χ3n) is 4.80. The molecule has 0 aliphatic heterocycles. The molecule has 2 rings (SSSR count). The van der Waals surface area contributed by atoms with Crippen molar-refractivity contribution in [3.05, 3.63) is 66.1 Å². The summed E-state index contributed by atoms with van der Waals surface area (Å²) in [5.41, 5.74) is 2.84. The Labute approximate surface area is 174 Å². The van der Waals surface area contributed by atoms with Crippen LogP contribution < -0.4 is 0 Å². The zero-order valence-electron chi connectivity index (χ0n) is 17.7. The van der Waals surface area contributed by atoms with E-state index in [2.05, 4.69) is 30.6 Å². The zero-order valence-corrected chi connectivity index (χ0v) is 17.7. The summed E-state index contributed by atoms with van der Waals surface area (Å²) in [5.74, 6) is -0.247. The minimum atomic E-state index is -0.247. The van der Waals surface area contributed by atoms with Crippen LogP contribution in [0.5, 0.6) is 0 Å². The molecule has 0 fully saturated rings. The second-order valence-corrected chi connectivity index (χ2v) is 7.36. The van der Waals surface area contributed by atoms with Crippen molar-refractivity contribution in [3.63, 3.8) is 0 Å². The van der Waals surface area contributed by atoms with Crippen LogP contribution in [0.1, 0.15) is 63.6 Å². The van der Waals surface area contributed by atoms with Crippen molar-refractivity contribution in [1.82, 2.24) is 10.2 Å². The van der Waals surface area contributed by atoms with Crippen molar-refractivity contribution in [2.24, 2.45) is 0 Å². The molecule has 3 nitrogen and oxygen atoms in total. The Kier molecular flexibility index (Phi) is 10.3. The average molecular weight is 397 g/mol. The standard InChI is InChI=1S/C25H33FN2O/c1-4-6-10-18-29-20(3)12-8-7-9-13-21-14-15-22(19-24(21)26)25-17-16-23(11-5-2)27-28-25/h5,9,13-17,19-20H,2,4,6-8,10-12,18H2,1,3H3. The number of ether oxygens (including phenoxy) is 1. The summed E-state index contributed by atoms with van der Waals surface area (Å²) in [5, 5.41) is 8.32. The Balaban J connectivity index is 1.80. The predicted molar refractivity (Wildman–Crippen MR) is 119 cm³/mol. The van der Waals surface area contributed by atoms with Gasteiger partial charge in [0.25, 0.3) is 0 Å². The highest BCUT2D eigenvalue weighted by atomic mass is 19.1. The van der Waals surface area contributed by atoms with Gasteiger partial charge in [0.05, 0.1) is 17.5 Å². The predicted octanol–water partition coefficient (Wildman–Crippen LogP) is 6.79. The highest BCUT2D eigenvalue weighted by Crippen LogP contribution is 2.21. The van der Waals surface area contributed by atoms with Crippen molar-refractivity contribution >= 4 is 6.08 Å². The van der Waals surface area contributed by atoms with E-state index in [1.54, 1.807) is 12.1 Å². The van der Waals surface area contributed by atoms with Crippen LogP contribution in [0.2, 0.25) is 0 Å². The number of aromatic nitrogens is 2. The minimum Gasteiger partial charge on any atom is -0.379 e. The monoisotopic (exact) mass is 396 g/mol. The first-order valence-corrected chi connectivity index (χ1v) is 10.7. The molecule has 2 aromatic rings. The third kappa shape index (κ3) is 8.28. The van der Waals surface area contributed by atoms with E-state index in [-0.39, 0.29) is 11.9 Å². The Morgan fingerprint density at radius 2 is 2.00 bits per heavy atom. The Morgan fingerprint density at radius 1 is 1.14 bits per heavy atom. The number of hydrogen-bond acceptors (Lipinski definition) is 3. The number of halogens is 1. The van der Waals surface area contributed by atoms with Crippen molar-refractivity contribution in [3.8, 4) is 11.3 Å². The van der Waals surface area contributed by atoms with E-state index in [4.69, 9.17) is 4.74 Å². The van der Waals surface area contributed by atoms with E-state index >= 15 is 0 Å². The maximum absolute atomic E-state index is 14.4. The number of nitrogens with zero attached hydrogens (tertiary/aromatic N) is 2. The van der Waals surface area contributed by atoms with Gasteiger partial charge in [-0.2, -0.15) is 10.2 Å². The van der Waals surface area contributed by atoms with Crippen LogP contribution in [-0.4, -0.2) is 22.9 Å². The van der Waals surface area contributed by atoms with Crippen molar-refractivity contribution < 1.29 is 9.13 Å². The van der Waals surface area contributed by atoms with Gasteiger partial charge in [-0.1, -0.05) is 50.1 Å². The molecule has 29 heavy (non-hydrogen) atoms. The van der Waals surface area contributed by atoms with Gasteiger partial charge in [0.15, 0.2) is 0 Å². The lowest BCUT2D eigenvalue weighted by Crippen LogP contribution is -2.08. The SMILES string of the molecule is C=CCc1ccc(-c2ccc(C=CCCCC(C)OCCCCC)c(F)c2)nn1. The summed E-state index contributed by atoms with van der Waals surface area (Å²) in [6, 6.07) is 8.95. The summed E-state index contributed by atoms with van der Waals surface area (Å²) >= 11 is 0. The second kappa shape index (κ2) is 13.0. The van der Waals surface area contributed by atoms with Crippen LogP contribution in [-0.2, 0) is 11.2 Å². The molecule has 1 unspecified atom stereocenters. The van der Waals surface area contributed by atoms with Crippen LogP contribution in [0.15, 0.2) is 49.1 Å². The molecular formula is C25H33FN2O. The van der Waals surface area contributed by atoms with Crippen LogP contribution in [0.4, 0.5) is 4.39 Å². The molecule has 156 valence electrons. The van der Waals surface area contributed by atoms with Gasteiger partial charge >= 0.3 is 0 Å². The normalized spacial score (nSPS) is 12.4. The van der Waals surface area contributed by atoms with Crippen LogP contribution in [0, 0.1) is 5.82 Å². The number of unbranched alkanes of at least 4 members (excludes halogenated alkanes) is 3. The van der Waals surface area contributed by atoms with Crippen molar-refractivity contribution in [1.29, 1.82) is 0 Å². The molecule has 0 aliphatic rings. The van der Waals surface area contributed by atoms with Gasteiger partial charge in [0.2, 0.25) is 0 Å². The average Bonchev–Trinajstić information content (AvgIpc) is 2.73. The molecule has 1 aromatic heterocycles. The maximum atomic E-state index is 14.4. The number of allylic oxidation sites excluding steroid dienone is 2. The fourth-order valence-electron chi connectivity index (χ4n) is 3.05. The molecular weight excluding hydrogens is 363 g/mol. The molecule has 0 aliphatic carbocycles. The molecule has 0 amide bonds. The van der Waals surface area contributed by atoms with Crippen LogP contribution in [0.25, 0.3) is 17.3 Å². The molecule has 0 spiro atoms. The largest absolute Gasteiger partial charge is 0.379 e. The lowest BCUT2D eigenvalue weighted by molar-refractivity contribution is 0.0566. The summed E-state index contributed by atoms with van der Waals surface area (Å²) in [6.07, 6.45) is 13.2. The fraction of sp³-hybridized carbons (Fsp3) is 0.440. The van der Waals surface area contributed by atoms with E-state index in [1.807, 2.05) is 30.4 Å². The Bertz CT molecular complexity index is 771. The lowest BCUT2D eigenvalue weighted by atomic mass is 10.1. The summed E-state index contributed by atoms with van der Waals surface area (Å²) in [4.78, 5) is 0. The maximum Gasteiger partial charge on any atom is 0.131 e. The van der Waals surface area contributed by atoms with Gasteiger partial charge < -0.3 is 4.74 Å². The van der Waals surface area contributed by atoms with Gasteiger partial charge in [-0.25, -0.2) is 4.39 Å². The zero-order chi connectivity index (χ0) is 20.9. The first-order chi connectivity index (χ1) is 14.1. The first-order valence-electron chi connectivity index (χ1n) is 10.7. The summed E-state index contributed by atoms with van der Waals surface area (Å²) in [7, 11) is 0. The van der Waals surface area contributed by atoms with Gasteiger partial charge in [-0.3, -0.25) is 0 Å².